The maximum atomic E-state index is 12.6. The van der Waals surface area contributed by atoms with Crippen LogP contribution in [0.2, 0.25) is 0 Å². The van der Waals surface area contributed by atoms with Crippen LogP contribution >= 0.6 is 24.0 Å². The molecule has 0 saturated carbocycles. The molecule has 2 fully saturated rings. The van der Waals surface area contributed by atoms with Crippen LogP contribution in [0.3, 0.4) is 0 Å². The molecule has 2 heterocycles. The summed E-state index contributed by atoms with van der Waals surface area (Å²) in [7, 11) is 0. The number of amides is 2. The van der Waals surface area contributed by atoms with Crippen molar-refractivity contribution in [3.8, 4) is 0 Å². The summed E-state index contributed by atoms with van der Waals surface area (Å²) in [4.78, 5) is 29.1. The van der Waals surface area contributed by atoms with Crippen molar-refractivity contribution in [2.45, 2.75) is 39.0 Å². The Labute approximate surface area is 164 Å². The summed E-state index contributed by atoms with van der Waals surface area (Å²) in [5, 5.41) is 0. The van der Waals surface area contributed by atoms with Crippen molar-refractivity contribution in [3.05, 3.63) is 40.3 Å². The summed E-state index contributed by atoms with van der Waals surface area (Å²) in [5.41, 5.74) is 2.18. The van der Waals surface area contributed by atoms with Crippen molar-refractivity contribution >= 4 is 46.2 Å². The fraction of sp³-hybridized carbons (Fsp3) is 0.450. The topological polar surface area (TPSA) is 40.6 Å². The molecule has 0 N–H and O–H groups in total. The molecule has 2 saturated heterocycles. The van der Waals surface area contributed by atoms with Crippen LogP contribution in [0.5, 0.6) is 0 Å². The molecule has 0 atom stereocenters. The standard InChI is InChI=1S/C20H24N2O2S2/c1-15-7-9-16(10-8-15)14-17-19(24)22(20(25)26-17)13-5-6-18(23)21-11-3-2-4-12-21/h7-10,14H,2-6,11-13H2,1H3/b17-14+. The van der Waals surface area contributed by atoms with Crippen LogP contribution in [0.4, 0.5) is 0 Å². The van der Waals surface area contributed by atoms with E-state index in [1.807, 2.05) is 42.2 Å². The zero-order valence-corrected chi connectivity index (χ0v) is 16.7. The molecule has 0 radical (unpaired) electrons. The lowest BCUT2D eigenvalue weighted by atomic mass is 10.1. The molecule has 1 aromatic carbocycles. The quantitative estimate of drug-likeness (QED) is 0.565. The van der Waals surface area contributed by atoms with Crippen LogP contribution in [0.25, 0.3) is 6.08 Å². The molecule has 26 heavy (non-hydrogen) atoms. The maximum absolute atomic E-state index is 12.6. The van der Waals surface area contributed by atoms with E-state index < -0.39 is 0 Å². The monoisotopic (exact) mass is 388 g/mol. The lowest BCUT2D eigenvalue weighted by molar-refractivity contribution is -0.132. The normalized spacial score (nSPS) is 19.5. The molecule has 4 nitrogen and oxygen atoms in total. The maximum Gasteiger partial charge on any atom is 0.266 e. The van der Waals surface area contributed by atoms with Crippen molar-refractivity contribution in [3.63, 3.8) is 0 Å². The van der Waals surface area contributed by atoms with Gasteiger partial charge in [0, 0.05) is 26.1 Å². The number of thioether (sulfide) groups is 1. The molecule has 138 valence electrons. The zero-order chi connectivity index (χ0) is 18.5. The third kappa shape index (κ3) is 4.74. The molecular weight excluding hydrogens is 364 g/mol. The van der Waals surface area contributed by atoms with Gasteiger partial charge in [-0.3, -0.25) is 14.5 Å². The summed E-state index contributed by atoms with van der Waals surface area (Å²) < 4.78 is 0.582. The number of nitrogens with zero attached hydrogens (tertiary/aromatic N) is 2. The first-order valence-corrected chi connectivity index (χ1v) is 10.4. The second kappa shape index (κ2) is 8.82. The van der Waals surface area contributed by atoms with E-state index in [4.69, 9.17) is 12.2 Å². The second-order valence-electron chi connectivity index (χ2n) is 6.79. The summed E-state index contributed by atoms with van der Waals surface area (Å²) in [6, 6.07) is 8.05. The highest BCUT2D eigenvalue weighted by atomic mass is 32.2. The first kappa shape index (κ1) is 19.1. The highest BCUT2D eigenvalue weighted by Crippen LogP contribution is 2.32. The van der Waals surface area contributed by atoms with Gasteiger partial charge in [-0.05, 0) is 44.2 Å². The Balaban J connectivity index is 1.53. The highest BCUT2D eigenvalue weighted by molar-refractivity contribution is 8.26. The minimum Gasteiger partial charge on any atom is -0.343 e. The number of thiocarbonyl (C=S) groups is 1. The summed E-state index contributed by atoms with van der Waals surface area (Å²) in [5.74, 6) is 0.149. The van der Waals surface area contributed by atoms with Crippen LogP contribution in [0.15, 0.2) is 29.2 Å². The number of aryl methyl sites for hydroxylation is 1. The van der Waals surface area contributed by atoms with E-state index in [9.17, 15) is 9.59 Å². The molecule has 0 aromatic heterocycles. The smallest absolute Gasteiger partial charge is 0.266 e. The van der Waals surface area contributed by atoms with Crippen LogP contribution in [-0.4, -0.2) is 45.6 Å². The number of hydrogen-bond acceptors (Lipinski definition) is 4. The van der Waals surface area contributed by atoms with Crippen LogP contribution in [-0.2, 0) is 9.59 Å². The van der Waals surface area contributed by atoms with Gasteiger partial charge >= 0.3 is 0 Å². The molecule has 6 heteroatoms. The molecule has 0 bridgehead atoms. The predicted octanol–water partition coefficient (Wildman–Crippen LogP) is 3.99. The van der Waals surface area contributed by atoms with Crippen LogP contribution in [0, 0.1) is 6.92 Å². The van der Waals surface area contributed by atoms with E-state index in [-0.39, 0.29) is 11.8 Å². The average Bonchev–Trinajstić information content (AvgIpc) is 2.91. The van der Waals surface area contributed by atoms with Crippen molar-refractivity contribution in [2.24, 2.45) is 0 Å². The number of likely N-dealkylation sites (tertiary alicyclic amines) is 1. The number of carbonyl (C=O) groups is 2. The van der Waals surface area contributed by atoms with E-state index >= 15 is 0 Å². The number of piperidine rings is 1. The first-order valence-electron chi connectivity index (χ1n) is 9.14. The van der Waals surface area contributed by atoms with Gasteiger partial charge in [0.1, 0.15) is 4.32 Å². The minimum atomic E-state index is -0.0500. The molecule has 0 aliphatic carbocycles. The van der Waals surface area contributed by atoms with Gasteiger partial charge in [0.05, 0.1) is 4.91 Å². The van der Waals surface area contributed by atoms with E-state index in [0.717, 1.165) is 31.5 Å². The van der Waals surface area contributed by atoms with Gasteiger partial charge in [-0.2, -0.15) is 0 Å². The fourth-order valence-electron chi connectivity index (χ4n) is 3.20. The molecule has 3 rings (SSSR count). The Bertz CT molecular complexity index is 722. The molecule has 1 aromatic rings. The fourth-order valence-corrected chi connectivity index (χ4v) is 4.51. The minimum absolute atomic E-state index is 0.0500. The largest absolute Gasteiger partial charge is 0.343 e. The average molecular weight is 389 g/mol. The number of benzene rings is 1. The number of rotatable bonds is 5. The van der Waals surface area contributed by atoms with Gasteiger partial charge < -0.3 is 4.90 Å². The number of hydrogen-bond donors (Lipinski definition) is 0. The van der Waals surface area contributed by atoms with E-state index in [0.29, 0.717) is 28.6 Å². The molecular formula is C20H24N2O2S2. The molecule has 0 unspecified atom stereocenters. The van der Waals surface area contributed by atoms with Crippen molar-refractivity contribution in [2.75, 3.05) is 19.6 Å². The van der Waals surface area contributed by atoms with Gasteiger partial charge in [0.2, 0.25) is 5.91 Å². The Hall–Kier alpha value is -1.66. The van der Waals surface area contributed by atoms with E-state index in [1.54, 1.807) is 4.90 Å². The lowest BCUT2D eigenvalue weighted by Crippen LogP contribution is -2.36. The van der Waals surface area contributed by atoms with E-state index in [2.05, 4.69) is 0 Å². The van der Waals surface area contributed by atoms with Crippen molar-refractivity contribution in [1.82, 2.24) is 9.80 Å². The number of carbonyl (C=O) groups excluding carboxylic acids is 2. The SMILES string of the molecule is Cc1ccc(/C=C2/SC(=S)N(CCCC(=O)N3CCCCC3)C2=O)cc1. The Morgan fingerprint density at radius 1 is 1.19 bits per heavy atom. The van der Waals surface area contributed by atoms with Gasteiger partial charge in [-0.15, -0.1) is 0 Å². The molecule has 2 aliphatic heterocycles. The van der Waals surface area contributed by atoms with Crippen molar-refractivity contribution < 1.29 is 9.59 Å². The third-order valence-corrected chi connectivity index (χ3v) is 6.11. The summed E-state index contributed by atoms with van der Waals surface area (Å²) in [6.45, 7) is 4.29. The van der Waals surface area contributed by atoms with E-state index in [1.165, 1.54) is 23.7 Å². The van der Waals surface area contributed by atoms with Crippen molar-refractivity contribution in [1.29, 1.82) is 0 Å². The predicted molar refractivity (Wildman–Crippen MR) is 111 cm³/mol. The Morgan fingerprint density at radius 3 is 2.58 bits per heavy atom. The van der Waals surface area contributed by atoms with Gasteiger partial charge in [0.25, 0.3) is 5.91 Å². The van der Waals surface area contributed by atoms with Gasteiger partial charge in [-0.1, -0.05) is 53.8 Å². The molecule has 0 spiro atoms. The third-order valence-electron chi connectivity index (χ3n) is 4.73. The Morgan fingerprint density at radius 2 is 1.88 bits per heavy atom. The molecule has 2 amide bonds. The zero-order valence-electron chi connectivity index (χ0n) is 15.1. The summed E-state index contributed by atoms with van der Waals surface area (Å²) in [6.07, 6.45) is 6.44. The van der Waals surface area contributed by atoms with Crippen LogP contribution < -0.4 is 0 Å². The van der Waals surface area contributed by atoms with Gasteiger partial charge in [0.15, 0.2) is 0 Å². The molecule has 2 aliphatic rings. The highest BCUT2D eigenvalue weighted by Gasteiger charge is 2.31. The van der Waals surface area contributed by atoms with Gasteiger partial charge in [-0.25, -0.2) is 0 Å². The summed E-state index contributed by atoms with van der Waals surface area (Å²) >= 11 is 6.71. The Kier molecular flexibility index (Phi) is 6.48. The lowest BCUT2D eigenvalue weighted by Gasteiger charge is -2.27. The van der Waals surface area contributed by atoms with Crippen LogP contribution in [0.1, 0.15) is 43.2 Å². The first-order chi connectivity index (χ1) is 12.5. The second-order valence-corrected chi connectivity index (χ2v) is 8.46.